The largest absolute Gasteiger partial charge is 0.489 e. The van der Waals surface area contributed by atoms with E-state index in [4.69, 9.17) is 32.7 Å². The molecule has 0 aliphatic rings. The summed E-state index contributed by atoms with van der Waals surface area (Å²) in [5, 5.41) is 0.881. The highest BCUT2D eigenvalue weighted by Gasteiger charge is 2.20. The maximum atomic E-state index is 12.2. The van der Waals surface area contributed by atoms with E-state index in [2.05, 4.69) is 12.1 Å². The Morgan fingerprint density at radius 3 is 2.23 bits per heavy atom. The number of carbonyl (C=O) groups is 1. The second-order valence-electron chi connectivity index (χ2n) is 6.61. The molecule has 0 bridgehead atoms. The summed E-state index contributed by atoms with van der Waals surface area (Å²) >= 11 is 13.9. The van der Waals surface area contributed by atoms with Crippen LogP contribution < -0.4 is 4.74 Å². The van der Waals surface area contributed by atoms with Gasteiger partial charge in [0, 0.05) is 20.5 Å². The van der Waals surface area contributed by atoms with Gasteiger partial charge >= 0.3 is 5.97 Å². The molecule has 3 rings (SSSR count). The summed E-state index contributed by atoms with van der Waals surface area (Å²) in [6, 6.07) is 23.1. The van der Waals surface area contributed by atoms with Crippen LogP contribution in [0.1, 0.15) is 17.5 Å². The monoisotopic (exact) mass is 460 g/mol. The van der Waals surface area contributed by atoms with Crippen LogP contribution >= 0.6 is 35.0 Å². The Morgan fingerprint density at radius 2 is 1.60 bits per heavy atom. The molecule has 30 heavy (non-hydrogen) atoms. The van der Waals surface area contributed by atoms with Gasteiger partial charge in [0.1, 0.15) is 17.6 Å². The highest BCUT2D eigenvalue weighted by molar-refractivity contribution is 8.00. The molecule has 0 saturated heterocycles. The minimum Gasteiger partial charge on any atom is -0.489 e. The maximum Gasteiger partial charge on any atom is 0.319 e. The van der Waals surface area contributed by atoms with Gasteiger partial charge in [0.25, 0.3) is 0 Å². The Balaban J connectivity index is 1.60. The second kappa shape index (κ2) is 11.3. The van der Waals surface area contributed by atoms with Crippen LogP contribution in [-0.2, 0) is 22.6 Å². The summed E-state index contributed by atoms with van der Waals surface area (Å²) in [5.74, 6) is 0.485. The van der Waals surface area contributed by atoms with Crippen molar-refractivity contribution in [3.8, 4) is 5.75 Å². The van der Waals surface area contributed by atoms with E-state index in [9.17, 15) is 4.79 Å². The van der Waals surface area contributed by atoms with Gasteiger partial charge in [-0.05, 0) is 54.8 Å². The molecule has 156 valence electrons. The third-order valence-electron chi connectivity index (χ3n) is 4.55. The Kier molecular flexibility index (Phi) is 8.50. The molecule has 0 N–H and O–H groups in total. The molecule has 6 heteroatoms. The lowest BCUT2D eigenvalue weighted by atomic mass is 10.1. The molecule has 0 aliphatic carbocycles. The molecule has 1 unspecified atom stereocenters. The molecule has 0 radical (unpaired) electrons. The third kappa shape index (κ3) is 6.43. The Bertz CT molecular complexity index is 942. The fourth-order valence-corrected chi connectivity index (χ4v) is 4.46. The molecule has 0 spiro atoms. The molecule has 3 nitrogen and oxygen atoms in total. The van der Waals surface area contributed by atoms with Crippen LogP contribution in [0.5, 0.6) is 5.75 Å². The van der Waals surface area contributed by atoms with E-state index < -0.39 is 0 Å². The normalized spacial score (nSPS) is 11.7. The number of hydrogen-bond donors (Lipinski definition) is 0. The van der Waals surface area contributed by atoms with E-state index in [1.165, 1.54) is 24.4 Å². The van der Waals surface area contributed by atoms with Crippen molar-refractivity contribution >= 4 is 40.9 Å². The third-order valence-corrected chi connectivity index (χ3v) is 6.51. The first kappa shape index (κ1) is 22.5. The van der Waals surface area contributed by atoms with Gasteiger partial charge in [0.05, 0.1) is 7.11 Å². The van der Waals surface area contributed by atoms with Gasteiger partial charge < -0.3 is 9.47 Å². The molecule has 0 fully saturated rings. The van der Waals surface area contributed by atoms with Crippen LogP contribution in [0.3, 0.4) is 0 Å². The zero-order valence-electron chi connectivity index (χ0n) is 16.5. The van der Waals surface area contributed by atoms with E-state index in [-0.39, 0.29) is 17.8 Å². The predicted molar refractivity (Wildman–Crippen MR) is 124 cm³/mol. The summed E-state index contributed by atoms with van der Waals surface area (Å²) in [6.07, 6.45) is 1.51. The zero-order chi connectivity index (χ0) is 21.3. The van der Waals surface area contributed by atoms with E-state index in [0.29, 0.717) is 22.2 Å². The Hall–Kier alpha value is -2.14. The van der Waals surface area contributed by atoms with Gasteiger partial charge in [0.15, 0.2) is 0 Å². The van der Waals surface area contributed by atoms with Crippen LogP contribution in [0.25, 0.3) is 0 Å². The average molecular weight is 461 g/mol. The van der Waals surface area contributed by atoms with Crippen molar-refractivity contribution in [2.45, 2.75) is 29.6 Å². The minimum absolute atomic E-state index is 0.218. The quantitative estimate of drug-likeness (QED) is 0.258. The van der Waals surface area contributed by atoms with Gasteiger partial charge in [-0.2, -0.15) is 0 Å². The smallest absolute Gasteiger partial charge is 0.319 e. The van der Waals surface area contributed by atoms with Gasteiger partial charge in [-0.3, -0.25) is 4.79 Å². The van der Waals surface area contributed by atoms with Crippen LogP contribution in [0.15, 0.2) is 77.7 Å². The fourth-order valence-electron chi connectivity index (χ4n) is 2.90. The standard InChI is InChI=1S/C24H22Cl2O3S/c1-28-24(27)23(15-10-17-6-3-2-4-7-17)30-19-13-11-18(12-14-19)29-16-20-21(25)8-5-9-22(20)26/h2-9,11-14,23H,10,15-16H2,1H3. The number of benzene rings is 3. The zero-order valence-corrected chi connectivity index (χ0v) is 18.8. The summed E-state index contributed by atoms with van der Waals surface area (Å²) in [5.41, 5.74) is 1.96. The van der Waals surface area contributed by atoms with Crippen LogP contribution in [-0.4, -0.2) is 18.3 Å². The highest BCUT2D eigenvalue weighted by atomic mass is 35.5. The lowest BCUT2D eigenvalue weighted by Gasteiger charge is -2.15. The lowest BCUT2D eigenvalue weighted by Crippen LogP contribution is -2.19. The molecule has 3 aromatic carbocycles. The number of hydrogen-bond acceptors (Lipinski definition) is 4. The van der Waals surface area contributed by atoms with Crippen molar-refractivity contribution in [1.82, 2.24) is 0 Å². The number of aryl methyl sites for hydroxylation is 1. The van der Waals surface area contributed by atoms with Gasteiger partial charge in [-0.1, -0.05) is 59.6 Å². The molecule has 0 amide bonds. The van der Waals surface area contributed by atoms with Gasteiger partial charge in [-0.25, -0.2) is 0 Å². The Morgan fingerprint density at radius 1 is 0.933 bits per heavy atom. The maximum absolute atomic E-state index is 12.2. The summed E-state index contributed by atoms with van der Waals surface area (Å²) in [4.78, 5) is 13.2. The molecule has 1 atom stereocenters. The topological polar surface area (TPSA) is 35.5 Å². The van der Waals surface area contributed by atoms with Crippen molar-refractivity contribution in [1.29, 1.82) is 0 Å². The molecule has 0 saturated carbocycles. The number of rotatable bonds is 9. The van der Waals surface area contributed by atoms with Crippen molar-refractivity contribution in [2.24, 2.45) is 0 Å². The number of ether oxygens (including phenoxy) is 2. The van der Waals surface area contributed by atoms with E-state index >= 15 is 0 Å². The van der Waals surface area contributed by atoms with Crippen LogP contribution in [0.4, 0.5) is 0 Å². The van der Waals surface area contributed by atoms with Crippen LogP contribution in [0, 0.1) is 0 Å². The van der Waals surface area contributed by atoms with Crippen molar-refractivity contribution < 1.29 is 14.3 Å². The number of esters is 1. The second-order valence-corrected chi connectivity index (χ2v) is 8.70. The summed E-state index contributed by atoms with van der Waals surface area (Å²) in [6.45, 7) is 0.285. The molecular weight excluding hydrogens is 439 g/mol. The van der Waals surface area contributed by atoms with Crippen LogP contribution in [0.2, 0.25) is 10.0 Å². The number of thioether (sulfide) groups is 1. The molecule has 0 heterocycles. The van der Waals surface area contributed by atoms with Gasteiger partial charge in [-0.15, -0.1) is 11.8 Å². The number of carbonyl (C=O) groups excluding carboxylic acids is 1. The van der Waals surface area contributed by atoms with Crippen molar-refractivity contribution in [3.05, 3.63) is 94.0 Å². The van der Waals surface area contributed by atoms with E-state index in [0.717, 1.165) is 16.9 Å². The SMILES string of the molecule is COC(=O)C(CCc1ccccc1)Sc1ccc(OCc2c(Cl)cccc2Cl)cc1. The first-order chi connectivity index (χ1) is 14.6. The number of methoxy groups -OCH3 is 1. The molecule has 3 aromatic rings. The van der Waals surface area contributed by atoms with Crippen molar-refractivity contribution in [3.63, 3.8) is 0 Å². The first-order valence-corrected chi connectivity index (χ1v) is 11.1. The molecule has 0 aliphatic heterocycles. The minimum atomic E-state index is -0.274. The summed E-state index contributed by atoms with van der Waals surface area (Å²) in [7, 11) is 1.43. The predicted octanol–water partition coefficient (Wildman–Crippen LogP) is 6.84. The molecule has 0 aromatic heterocycles. The first-order valence-electron chi connectivity index (χ1n) is 9.51. The average Bonchev–Trinajstić information content (AvgIpc) is 2.77. The van der Waals surface area contributed by atoms with E-state index in [1.54, 1.807) is 18.2 Å². The van der Waals surface area contributed by atoms with Gasteiger partial charge in [0.2, 0.25) is 0 Å². The fraction of sp³-hybridized carbons (Fsp3) is 0.208. The number of halogens is 2. The molecular formula is C24H22Cl2O3S. The van der Waals surface area contributed by atoms with Crippen molar-refractivity contribution in [2.75, 3.05) is 7.11 Å². The Labute approximate surface area is 191 Å². The highest BCUT2D eigenvalue weighted by Crippen LogP contribution is 2.30. The summed E-state index contributed by atoms with van der Waals surface area (Å²) < 4.78 is 10.8. The lowest BCUT2D eigenvalue weighted by molar-refractivity contribution is -0.140. The van der Waals surface area contributed by atoms with E-state index in [1.807, 2.05) is 42.5 Å².